The number of fused-ring (bicyclic) bond motifs is 1. The Balaban J connectivity index is 1.86. The van der Waals surface area contributed by atoms with E-state index in [1.165, 1.54) is 29.0 Å². The van der Waals surface area contributed by atoms with Gasteiger partial charge in [-0.25, -0.2) is 28.0 Å². The summed E-state index contributed by atoms with van der Waals surface area (Å²) in [5.41, 5.74) is -0.0653. The molecule has 224 valence electrons. The summed E-state index contributed by atoms with van der Waals surface area (Å²) in [5.74, 6) is -2.71. The SMILES string of the molecule is [C-]#[N+]/C=C/C1CN(C(=O)C=C)CCN1c1nc(=O)n(-c2c(C)ccnc2C(C)C)c2nc(-c3c(O)cccc3F)c(F)cc12. The second-order valence-electron chi connectivity index (χ2n) is 10.6. The van der Waals surface area contributed by atoms with Crippen molar-refractivity contribution in [2.75, 3.05) is 24.5 Å². The maximum atomic E-state index is 15.9. The third-order valence-electron chi connectivity index (χ3n) is 7.51. The Kier molecular flexibility index (Phi) is 8.22. The molecule has 1 amide bonds. The number of aryl methyl sites for hydroxylation is 1. The van der Waals surface area contributed by atoms with Crippen LogP contribution in [0.3, 0.4) is 0 Å². The van der Waals surface area contributed by atoms with E-state index >= 15 is 4.39 Å². The molecule has 1 aliphatic rings. The van der Waals surface area contributed by atoms with Gasteiger partial charge in [0, 0.05) is 25.8 Å². The van der Waals surface area contributed by atoms with E-state index < -0.39 is 40.4 Å². The summed E-state index contributed by atoms with van der Waals surface area (Å²) in [6, 6.07) is 5.81. The van der Waals surface area contributed by atoms with E-state index in [0.29, 0.717) is 16.9 Å². The molecule has 10 nitrogen and oxygen atoms in total. The Morgan fingerprint density at radius 3 is 2.66 bits per heavy atom. The number of phenolic OH excluding ortho intramolecular Hbond substituents is 1. The molecule has 0 saturated carbocycles. The van der Waals surface area contributed by atoms with Crippen molar-refractivity contribution in [1.82, 2.24) is 24.4 Å². The number of hydrogen-bond donors (Lipinski definition) is 1. The van der Waals surface area contributed by atoms with Crippen LogP contribution in [-0.2, 0) is 4.79 Å². The summed E-state index contributed by atoms with van der Waals surface area (Å²) < 4.78 is 32.2. The normalized spacial score (nSPS) is 15.2. The number of aromatic hydroxyl groups is 1. The van der Waals surface area contributed by atoms with E-state index in [-0.39, 0.29) is 48.3 Å². The van der Waals surface area contributed by atoms with Crippen LogP contribution in [0.15, 0.2) is 66.3 Å². The zero-order valence-electron chi connectivity index (χ0n) is 24.3. The van der Waals surface area contributed by atoms with Gasteiger partial charge in [0.1, 0.15) is 23.1 Å². The highest BCUT2D eigenvalue weighted by Gasteiger charge is 2.32. The lowest BCUT2D eigenvalue weighted by atomic mass is 10.0. The average Bonchev–Trinajstić information content (AvgIpc) is 3.00. The minimum Gasteiger partial charge on any atom is -0.507 e. The molecule has 44 heavy (non-hydrogen) atoms. The van der Waals surface area contributed by atoms with Crippen LogP contribution in [-0.4, -0.2) is 61.1 Å². The molecule has 4 aromatic rings. The molecule has 12 heteroatoms. The zero-order valence-corrected chi connectivity index (χ0v) is 24.3. The second kappa shape index (κ2) is 12.0. The zero-order chi connectivity index (χ0) is 31.7. The van der Waals surface area contributed by atoms with Gasteiger partial charge < -0.3 is 14.9 Å². The molecule has 1 unspecified atom stereocenters. The van der Waals surface area contributed by atoms with Crippen LogP contribution in [0.1, 0.15) is 31.0 Å². The van der Waals surface area contributed by atoms with Gasteiger partial charge in [0.25, 0.3) is 0 Å². The number of anilines is 1. The molecule has 1 aliphatic heterocycles. The molecule has 1 saturated heterocycles. The fourth-order valence-electron chi connectivity index (χ4n) is 5.44. The highest BCUT2D eigenvalue weighted by molar-refractivity contribution is 5.91. The molecule has 1 fully saturated rings. The fourth-order valence-corrected chi connectivity index (χ4v) is 5.44. The van der Waals surface area contributed by atoms with Crippen molar-refractivity contribution in [3.05, 3.63) is 106 Å². The quantitative estimate of drug-likeness (QED) is 0.249. The van der Waals surface area contributed by atoms with Gasteiger partial charge in [-0.1, -0.05) is 32.6 Å². The van der Waals surface area contributed by atoms with Gasteiger partial charge >= 0.3 is 5.69 Å². The summed E-state index contributed by atoms with van der Waals surface area (Å²) in [4.78, 5) is 46.4. The number of amides is 1. The van der Waals surface area contributed by atoms with Crippen molar-refractivity contribution >= 4 is 22.8 Å². The maximum Gasteiger partial charge on any atom is 0.355 e. The lowest BCUT2D eigenvalue weighted by Gasteiger charge is -2.41. The molecule has 0 aliphatic carbocycles. The Morgan fingerprint density at radius 1 is 1.20 bits per heavy atom. The first-order valence-electron chi connectivity index (χ1n) is 13.9. The summed E-state index contributed by atoms with van der Waals surface area (Å²) in [6.07, 6.45) is 5.64. The first-order valence-corrected chi connectivity index (χ1v) is 13.9. The Labute approximate surface area is 252 Å². The van der Waals surface area contributed by atoms with Crippen LogP contribution in [0.5, 0.6) is 5.75 Å². The van der Waals surface area contributed by atoms with Gasteiger partial charge in [0.2, 0.25) is 5.91 Å². The first kappa shape index (κ1) is 30.0. The predicted molar refractivity (Wildman–Crippen MR) is 162 cm³/mol. The first-order chi connectivity index (χ1) is 21.1. The fraction of sp³-hybridized carbons (Fsp3) is 0.250. The van der Waals surface area contributed by atoms with Gasteiger partial charge in [0.15, 0.2) is 17.7 Å². The molecular weight excluding hydrogens is 568 g/mol. The molecule has 5 rings (SSSR count). The number of carbonyl (C=O) groups excluding carboxylic acids is 1. The number of halogens is 2. The predicted octanol–water partition coefficient (Wildman–Crippen LogP) is 4.89. The Morgan fingerprint density at radius 2 is 1.98 bits per heavy atom. The summed E-state index contributed by atoms with van der Waals surface area (Å²) >= 11 is 0. The van der Waals surface area contributed by atoms with Crippen LogP contribution in [0.4, 0.5) is 14.6 Å². The molecule has 0 bridgehead atoms. The van der Waals surface area contributed by atoms with Crippen LogP contribution in [0, 0.1) is 25.1 Å². The monoisotopic (exact) mass is 597 g/mol. The summed E-state index contributed by atoms with van der Waals surface area (Å²) in [5, 5.41) is 10.6. The van der Waals surface area contributed by atoms with E-state index in [9.17, 15) is 19.1 Å². The highest BCUT2D eigenvalue weighted by Crippen LogP contribution is 2.37. The van der Waals surface area contributed by atoms with E-state index in [1.54, 1.807) is 35.1 Å². The van der Waals surface area contributed by atoms with E-state index in [4.69, 9.17) is 6.57 Å². The van der Waals surface area contributed by atoms with Gasteiger partial charge in [-0.15, -0.1) is 0 Å². The van der Waals surface area contributed by atoms with Crippen LogP contribution in [0.2, 0.25) is 0 Å². The standard InChI is InChI=1S/C32H29F2N7O3/c1-6-25(43)39-14-15-40(20(17-39)11-12-35-5)30-21-16-23(34)28(26-22(33)8-7-9-24(26)42)37-31(21)41(32(44)38-30)29-19(4)10-13-36-27(29)18(2)3/h6-13,16,18,20,42H,1,14-15,17H2,2-4H3/b12-11+. The highest BCUT2D eigenvalue weighted by atomic mass is 19.1. The van der Waals surface area contributed by atoms with Crippen molar-refractivity contribution in [2.45, 2.75) is 32.7 Å². The lowest BCUT2D eigenvalue weighted by molar-refractivity contribution is -0.126. The van der Waals surface area contributed by atoms with Crippen molar-refractivity contribution in [2.24, 2.45) is 0 Å². The van der Waals surface area contributed by atoms with Crippen molar-refractivity contribution in [3.8, 4) is 22.7 Å². The topological polar surface area (TPSA) is 109 Å². The molecule has 1 atom stereocenters. The number of benzene rings is 1. The smallest absolute Gasteiger partial charge is 0.355 e. The van der Waals surface area contributed by atoms with Crippen molar-refractivity contribution < 1.29 is 18.7 Å². The summed E-state index contributed by atoms with van der Waals surface area (Å²) in [6.45, 7) is 17.0. The second-order valence-corrected chi connectivity index (χ2v) is 10.6. The molecular formula is C32H29F2N7O3. The number of pyridine rings is 2. The van der Waals surface area contributed by atoms with Crippen molar-refractivity contribution in [3.63, 3.8) is 0 Å². The van der Waals surface area contributed by atoms with Gasteiger partial charge in [-0.05, 0) is 48.7 Å². The Bertz CT molecular complexity index is 1910. The van der Waals surface area contributed by atoms with E-state index in [2.05, 4.69) is 26.4 Å². The minimum atomic E-state index is -0.952. The third kappa shape index (κ3) is 5.28. The van der Waals surface area contributed by atoms with Crippen LogP contribution in [0.25, 0.3) is 32.8 Å². The largest absolute Gasteiger partial charge is 0.507 e. The average molecular weight is 598 g/mol. The van der Waals surface area contributed by atoms with E-state index in [0.717, 1.165) is 12.1 Å². The number of hydrogen-bond acceptors (Lipinski definition) is 7. The van der Waals surface area contributed by atoms with Gasteiger partial charge in [0.05, 0.1) is 34.9 Å². The van der Waals surface area contributed by atoms with Gasteiger partial charge in [-0.2, -0.15) is 4.98 Å². The van der Waals surface area contributed by atoms with Crippen molar-refractivity contribution in [1.29, 1.82) is 0 Å². The molecule has 1 N–H and O–H groups in total. The number of rotatable bonds is 6. The molecule has 0 radical (unpaired) electrons. The molecule has 1 aromatic carbocycles. The summed E-state index contributed by atoms with van der Waals surface area (Å²) in [7, 11) is 0. The van der Waals surface area contributed by atoms with Crippen LogP contribution < -0.4 is 10.6 Å². The maximum absolute atomic E-state index is 15.9. The Hall–Kier alpha value is -5.44. The molecule has 4 heterocycles. The number of phenols is 1. The third-order valence-corrected chi connectivity index (χ3v) is 7.51. The van der Waals surface area contributed by atoms with Crippen LogP contribution >= 0.6 is 0 Å². The van der Waals surface area contributed by atoms with Gasteiger partial charge in [-0.3, -0.25) is 9.78 Å². The number of carbonyl (C=O) groups is 1. The number of aromatic nitrogens is 4. The number of nitrogens with zero attached hydrogens (tertiary/aromatic N) is 7. The molecule has 3 aromatic heterocycles. The van der Waals surface area contributed by atoms with E-state index in [1.807, 2.05) is 13.8 Å². The lowest BCUT2D eigenvalue weighted by Crippen LogP contribution is -2.54. The number of piperazine rings is 1. The minimum absolute atomic E-state index is 0.0328. The molecule has 0 spiro atoms.